The molecule has 0 aromatic heterocycles. The van der Waals surface area contributed by atoms with Crippen molar-refractivity contribution in [1.29, 1.82) is 0 Å². The molecule has 112 valence electrons. The Morgan fingerprint density at radius 2 is 1.79 bits per heavy atom. The van der Waals surface area contributed by atoms with E-state index in [0.29, 0.717) is 12.1 Å². The minimum atomic E-state index is -0.396. The summed E-state index contributed by atoms with van der Waals surface area (Å²) in [5, 5.41) is 3.18. The van der Waals surface area contributed by atoms with Crippen LogP contribution in [-0.4, -0.2) is 42.0 Å². The highest BCUT2D eigenvalue weighted by Gasteiger charge is 2.31. The summed E-state index contributed by atoms with van der Waals surface area (Å²) in [7, 11) is 2.15. The average Bonchev–Trinajstić information content (AvgIpc) is 2.37. The van der Waals surface area contributed by atoms with Gasteiger partial charge in [0.25, 0.3) is 0 Å². The fourth-order valence-electron chi connectivity index (χ4n) is 2.73. The molecule has 0 aliphatic heterocycles. The molecule has 0 aromatic rings. The van der Waals surface area contributed by atoms with Crippen molar-refractivity contribution in [1.82, 2.24) is 10.2 Å². The predicted octanol–water partition coefficient (Wildman–Crippen LogP) is 1.74. The number of likely N-dealkylation sites (N-methyl/N-ethyl adjacent to an activating group) is 1. The lowest BCUT2D eigenvalue weighted by atomic mass is 9.88. The molecular formula is C15H31N3O. The average molecular weight is 269 g/mol. The maximum absolute atomic E-state index is 12.1. The van der Waals surface area contributed by atoms with Crippen LogP contribution in [0.3, 0.4) is 0 Å². The molecule has 0 bridgehead atoms. The number of rotatable bonds is 5. The van der Waals surface area contributed by atoms with E-state index in [1.165, 1.54) is 12.8 Å². The molecule has 0 saturated heterocycles. The molecule has 3 atom stereocenters. The first-order valence-corrected chi connectivity index (χ1v) is 7.62. The molecule has 1 aliphatic carbocycles. The molecule has 0 heterocycles. The van der Waals surface area contributed by atoms with Crippen LogP contribution in [0.4, 0.5) is 0 Å². The van der Waals surface area contributed by atoms with Gasteiger partial charge in [-0.25, -0.2) is 0 Å². The van der Waals surface area contributed by atoms with Gasteiger partial charge in [-0.3, -0.25) is 9.69 Å². The highest BCUT2D eigenvalue weighted by molar-refractivity contribution is 5.82. The van der Waals surface area contributed by atoms with Gasteiger partial charge in [-0.15, -0.1) is 0 Å². The molecule has 19 heavy (non-hydrogen) atoms. The van der Waals surface area contributed by atoms with Gasteiger partial charge in [0, 0.05) is 18.1 Å². The van der Waals surface area contributed by atoms with Crippen LogP contribution in [0, 0.1) is 5.92 Å². The Kier molecular flexibility index (Phi) is 6.27. The van der Waals surface area contributed by atoms with E-state index in [2.05, 4.69) is 31.1 Å². The molecule has 1 aliphatic rings. The molecule has 4 nitrogen and oxygen atoms in total. The first-order chi connectivity index (χ1) is 8.84. The Morgan fingerprint density at radius 3 is 2.32 bits per heavy atom. The standard InChI is InChI=1S/C15H31N3O/c1-10(2)14(16)15(19)17-12-8-6-7-9-13(12)18(5)11(3)4/h10-14H,6-9,16H2,1-5H3,(H,17,19)/t12-,13-,14-/m0/s1. The number of carbonyl (C=O) groups is 1. The Hall–Kier alpha value is -0.610. The smallest absolute Gasteiger partial charge is 0.237 e. The van der Waals surface area contributed by atoms with Crippen LogP contribution in [0.5, 0.6) is 0 Å². The number of nitrogens with one attached hydrogen (secondary N) is 1. The maximum atomic E-state index is 12.1. The number of amides is 1. The molecule has 1 rings (SSSR count). The van der Waals surface area contributed by atoms with E-state index in [1.54, 1.807) is 0 Å². The van der Waals surface area contributed by atoms with Gasteiger partial charge in [0.1, 0.15) is 0 Å². The largest absolute Gasteiger partial charge is 0.350 e. The molecule has 0 unspecified atom stereocenters. The van der Waals surface area contributed by atoms with Gasteiger partial charge in [-0.2, -0.15) is 0 Å². The van der Waals surface area contributed by atoms with Crippen LogP contribution in [0.25, 0.3) is 0 Å². The third kappa shape index (κ3) is 4.46. The minimum absolute atomic E-state index is 0.00376. The summed E-state index contributed by atoms with van der Waals surface area (Å²) in [5.74, 6) is 0.189. The number of nitrogens with zero attached hydrogens (tertiary/aromatic N) is 1. The second kappa shape index (κ2) is 7.25. The third-order valence-corrected chi connectivity index (χ3v) is 4.42. The summed E-state index contributed by atoms with van der Waals surface area (Å²) in [6.45, 7) is 8.38. The molecule has 1 saturated carbocycles. The summed E-state index contributed by atoms with van der Waals surface area (Å²) in [6.07, 6.45) is 4.68. The van der Waals surface area contributed by atoms with E-state index < -0.39 is 6.04 Å². The van der Waals surface area contributed by atoms with Crippen molar-refractivity contribution in [3.8, 4) is 0 Å². The van der Waals surface area contributed by atoms with Gasteiger partial charge in [0.2, 0.25) is 5.91 Å². The highest BCUT2D eigenvalue weighted by atomic mass is 16.2. The van der Waals surface area contributed by atoms with Crippen molar-refractivity contribution in [2.24, 2.45) is 11.7 Å². The van der Waals surface area contributed by atoms with Crippen molar-refractivity contribution >= 4 is 5.91 Å². The van der Waals surface area contributed by atoms with E-state index >= 15 is 0 Å². The first kappa shape index (κ1) is 16.4. The zero-order valence-electron chi connectivity index (χ0n) is 13.1. The summed E-state index contributed by atoms with van der Waals surface area (Å²) < 4.78 is 0. The monoisotopic (exact) mass is 269 g/mol. The van der Waals surface area contributed by atoms with E-state index in [0.717, 1.165) is 12.8 Å². The molecule has 0 aromatic carbocycles. The summed E-state index contributed by atoms with van der Waals surface area (Å²) in [5.41, 5.74) is 5.93. The van der Waals surface area contributed by atoms with Crippen LogP contribution in [0.15, 0.2) is 0 Å². The normalized spacial score (nSPS) is 25.9. The first-order valence-electron chi connectivity index (χ1n) is 7.62. The summed E-state index contributed by atoms with van der Waals surface area (Å²) >= 11 is 0. The number of carbonyl (C=O) groups excluding carboxylic acids is 1. The maximum Gasteiger partial charge on any atom is 0.237 e. The number of hydrogen-bond donors (Lipinski definition) is 2. The molecule has 0 spiro atoms. The van der Waals surface area contributed by atoms with E-state index in [1.807, 2.05) is 13.8 Å². The van der Waals surface area contributed by atoms with Gasteiger partial charge < -0.3 is 11.1 Å². The zero-order valence-corrected chi connectivity index (χ0v) is 13.1. The Bertz CT molecular complexity index is 291. The van der Waals surface area contributed by atoms with Crippen molar-refractivity contribution in [3.63, 3.8) is 0 Å². The van der Waals surface area contributed by atoms with Crippen molar-refractivity contribution in [2.45, 2.75) is 77.5 Å². The second-order valence-corrected chi connectivity index (χ2v) is 6.50. The van der Waals surface area contributed by atoms with Gasteiger partial charge in [-0.1, -0.05) is 26.7 Å². The topological polar surface area (TPSA) is 58.4 Å². The fourth-order valence-corrected chi connectivity index (χ4v) is 2.73. The Morgan fingerprint density at radius 1 is 1.21 bits per heavy atom. The van der Waals surface area contributed by atoms with Crippen molar-refractivity contribution in [2.75, 3.05) is 7.05 Å². The van der Waals surface area contributed by atoms with Gasteiger partial charge in [-0.05, 0) is 39.7 Å². The molecule has 4 heteroatoms. The second-order valence-electron chi connectivity index (χ2n) is 6.50. The van der Waals surface area contributed by atoms with E-state index in [-0.39, 0.29) is 17.9 Å². The van der Waals surface area contributed by atoms with Crippen LogP contribution in [0.1, 0.15) is 53.4 Å². The van der Waals surface area contributed by atoms with Gasteiger partial charge in [0.05, 0.1) is 6.04 Å². The SMILES string of the molecule is CC(C)[C@H](N)C(=O)N[C@H]1CCCC[C@@H]1N(C)C(C)C. The lowest BCUT2D eigenvalue weighted by Gasteiger charge is -2.40. The van der Waals surface area contributed by atoms with Gasteiger partial charge in [0.15, 0.2) is 0 Å². The van der Waals surface area contributed by atoms with Crippen molar-refractivity contribution in [3.05, 3.63) is 0 Å². The summed E-state index contributed by atoms with van der Waals surface area (Å²) in [4.78, 5) is 14.5. The molecule has 3 N–H and O–H groups in total. The number of hydrogen-bond acceptors (Lipinski definition) is 3. The van der Waals surface area contributed by atoms with Crippen LogP contribution >= 0.6 is 0 Å². The minimum Gasteiger partial charge on any atom is -0.350 e. The molecule has 1 amide bonds. The van der Waals surface area contributed by atoms with E-state index in [9.17, 15) is 4.79 Å². The third-order valence-electron chi connectivity index (χ3n) is 4.42. The van der Waals surface area contributed by atoms with Crippen LogP contribution in [0.2, 0.25) is 0 Å². The molecule has 1 fully saturated rings. The number of nitrogens with two attached hydrogens (primary N) is 1. The predicted molar refractivity (Wildman–Crippen MR) is 79.9 cm³/mol. The van der Waals surface area contributed by atoms with Crippen molar-refractivity contribution < 1.29 is 4.79 Å². The zero-order chi connectivity index (χ0) is 14.6. The van der Waals surface area contributed by atoms with Crippen LogP contribution in [-0.2, 0) is 4.79 Å². The fraction of sp³-hybridized carbons (Fsp3) is 0.933. The van der Waals surface area contributed by atoms with Crippen LogP contribution < -0.4 is 11.1 Å². The molecule has 0 radical (unpaired) electrons. The lowest BCUT2D eigenvalue weighted by molar-refractivity contribution is -0.124. The highest BCUT2D eigenvalue weighted by Crippen LogP contribution is 2.24. The van der Waals surface area contributed by atoms with E-state index in [4.69, 9.17) is 5.73 Å². The quantitative estimate of drug-likeness (QED) is 0.799. The Labute approximate surface area is 118 Å². The molecular weight excluding hydrogens is 238 g/mol. The lowest BCUT2D eigenvalue weighted by Crippen LogP contribution is -2.57. The Balaban J connectivity index is 2.65. The summed E-state index contributed by atoms with van der Waals surface area (Å²) in [6, 6.07) is 0.795. The van der Waals surface area contributed by atoms with Gasteiger partial charge >= 0.3 is 0 Å².